The van der Waals surface area contributed by atoms with Crippen LogP contribution in [0, 0.1) is 13.8 Å². The molecule has 0 amide bonds. The molecule has 0 spiro atoms. The maximum Gasteiger partial charge on any atom is 0.232 e. The highest BCUT2D eigenvalue weighted by atomic mass is 32.2. The zero-order valence-electron chi connectivity index (χ0n) is 17.4. The molecule has 0 aliphatic rings. The summed E-state index contributed by atoms with van der Waals surface area (Å²) in [6.45, 7) is 4.07. The molecule has 30 heavy (non-hydrogen) atoms. The smallest absolute Gasteiger partial charge is 0.232 e. The van der Waals surface area contributed by atoms with Gasteiger partial charge in [0.15, 0.2) is 0 Å². The summed E-state index contributed by atoms with van der Waals surface area (Å²) in [7, 11) is -3.56. The first-order chi connectivity index (χ1) is 14.3. The first-order valence-electron chi connectivity index (χ1n) is 9.95. The highest BCUT2D eigenvalue weighted by molar-refractivity contribution is 7.92. The largest absolute Gasteiger partial charge is 0.389 e. The van der Waals surface area contributed by atoms with E-state index in [2.05, 4.69) is 16.7 Å². The number of benzene rings is 3. The Morgan fingerprint density at radius 3 is 1.87 bits per heavy atom. The van der Waals surface area contributed by atoms with Crippen molar-refractivity contribution < 1.29 is 13.5 Å². The van der Waals surface area contributed by atoms with Crippen LogP contribution in [-0.4, -0.2) is 37.0 Å². The maximum absolute atomic E-state index is 12.6. The minimum absolute atomic E-state index is 0.00857. The van der Waals surface area contributed by atoms with Crippen molar-refractivity contribution in [1.82, 2.24) is 4.57 Å². The van der Waals surface area contributed by atoms with Gasteiger partial charge in [0.25, 0.3) is 0 Å². The van der Waals surface area contributed by atoms with Crippen LogP contribution in [-0.2, 0) is 16.6 Å². The summed E-state index contributed by atoms with van der Waals surface area (Å²) < 4.78 is 28.6. The molecular weight excluding hydrogens is 396 g/mol. The first kappa shape index (κ1) is 20.4. The van der Waals surface area contributed by atoms with Gasteiger partial charge in [0.1, 0.15) is 0 Å². The highest BCUT2D eigenvalue weighted by Gasteiger charge is 2.25. The molecule has 4 aromatic rings. The van der Waals surface area contributed by atoms with Crippen LogP contribution in [0.3, 0.4) is 0 Å². The number of rotatable bonds is 6. The molecule has 3 aromatic carbocycles. The van der Waals surface area contributed by atoms with Crippen LogP contribution in [0.1, 0.15) is 11.1 Å². The van der Waals surface area contributed by atoms with Crippen molar-refractivity contribution in [2.75, 3.05) is 17.1 Å². The molecule has 0 unspecified atom stereocenters. The Kier molecular flexibility index (Phi) is 5.30. The maximum atomic E-state index is 12.6. The number of sulfonamides is 1. The van der Waals surface area contributed by atoms with Crippen molar-refractivity contribution in [3.05, 3.63) is 77.9 Å². The molecule has 156 valence electrons. The Balaban J connectivity index is 1.72. The number of aliphatic hydroxyl groups excluding tert-OH is 1. The summed E-state index contributed by atoms with van der Waals surface area (Å²) in [4.78, 5) is 0. The fraction of sp³-hybridized carbons (Fsp3) is 0.250. The third-order valence-electron chi connectivity index (χ3n) is 5.54. The van der Waals surface area contributed by atoms with Gasteiger partial charge in [-0.1, -0.05) is 54.6 Å². The van der Waals surface area contributed by atoms with E-state index >= 15 is 0 Å². The van der Waals surface area contributed by atoms with Gasteiger partial charge in [-0.3, -0.25) is 4.31 Å². The van der Waals surface area contributed by atoms with E-state index in [0.29, 0.717) is 12.2 Å². The Morgan fingerprint density at radius 2 is 1.37 bits per heavy atom. The number of fused-ring (bicyclic) bond motifs is 3. The second-order valence-electron chi connectivity index (χ2n) is 7.83. The van der Waals surface area contributed by atoms with E-state index in [9.17, 15) is 13.5 Å². The van der Waals surface area contributed by atoms with Gasteiger partial charge in [-0.05, 0) is 37.1 Å². The Hall–Kier alpha value is -2.83. The van der Waals surface area contributed by atoms with Crippen LogP contribution in [0.4, 0.5) is 5.69 Å². The third-order valence-corrected chi connectivity index (χ3v) is 6.67. The lowest BCUT2D eigenvalue weighted by atomic mass is 10.1. The number of anilines is 1. The number of hydrogen-bond acceptors (Lipinski definition) is 3. The Morgan fingerprint density at radius 1 is 0.867 bits per heavy atom. The minimum Gasteiger partial charge on any atom is -0.389 e. The van der Waals surface area contributed by atoms with Crippen LogP contribution in [0.5, 0.6) is 0 Å². The normalized spacial score (nSPS) is 13.1. The predicted molar refractivity (Wildman–Crippen MR) is 124 cm³/mol. The number of aryl methyl sites for hydroxylation is 2. The summed E-state index contributed by atoms with van der Waals surface area (Å²) in [6.07, 6.45) is 0.310. The van der Waals surface area contributed by atoms with Gasteiger partial charge in [0.05, 0.1) is 31.1 Å². The second kappa shape index (κ2) is 7.78. The fourth-order valence-corrected chi connectivity index (χ4v) is 5.31. The van der Waals surface area contributed by atoms with Crippen LogP contribution in [0.25, 0.3) is 21.8 Å². The molecule has 1 N–H and O–H groups in total. The Bertz CT molecular complexity index is 1250. The molecule has 0 aliphatic carbocycles. The number of nitrogens with zero attached hydrogens (tertiary/aromatic N) is 2. The summed E-state index contributed by atoms with van der Waals surface area (Å²) in [6, 6.07) is 21.8. The molecule has 5 nitrogen and oxygen atoms in total. The van der Waals surface area contributed by atoms with Crippen LogP contribution < -0.4 is 4.31 Å². The summed E-state index contributed by atoms with van der Waals surface area (Å²) in [5.41, 5.74) is 4.42. The van der Waals surface area contributed by atoms with Crippen molar-refractivity contribution >= 4 is 37.5 Å². The van der Waals surface area contributed by atoms with Gasteiger partial charge in [-0.2, -0.15) is 0 Å². The van der Waals surface area contributed by atoms with Gasteiger partial charge in [0, 0.05) is 21.8 Å². The molecule has 1 aromatic heterocycles. The molecular formula is C24H26N2O3S. The SMILES string of the molecule is Cc1cccc(C)c1N(C[C@@H](O)Cn1c2ccccc2c2ccccc21)S(C)(=O)=O. The molecule has 1 heterocycles. The van der Waals surface area contributed by atoms with Crippen molar-refractivity contribution in [3.8, 4) is 0 Å². The van der Waals surface area contributed by atoms with E-state index in [1.165, 1.54) is 10.6 Å². The Labute approximate surface area is 177 Å². The summed E-state index contributed by atoms with van der Waals surface area (Å²) >= 11 is 0. The van der Waals surface area contributed by atoms with Crippen molar-refractivity contribution in [2.45, 2.75) is 26.5 Å². The average Bonchev–Trinajstić information content (AvgIpc) is 3.00. The van der Waals surface area contributed by atoms with Gasteiger partial charge >= 0.3 is 0 Å². The van der Waals surface area contributed by atoms with E-state index in [1.807, 2.05) is 68.4 Å². The summed E-state index contributed by atoms with van der Waals surface area (Å²) in [5.74, 6) is 0. The number of hydrogen-bond donors (Lipinski definition) is 1. The average molecular weight is 423 g/mol. The molecule has 0 radical (unpaired) electrons. The van der Waals surface area contributed by atoms with Gasteiger partial charge in [0.2, 0.25) is 10.0 Å². The van der Waals surface area contributed by atoms with Crippen molar-refractivity contribution in [1.29, 1.82) is 0 Å². The predicted octanol–water partition coefficient (Wildman–Crippen LogP) is 4.24. The second-order valence-corrected chi connectivity index (χ2v) is 9.74. The zero-order valence-corrected chi connectivity index (χ0v) is 18.2. The molecule has 0 saturated heterocycles. The van der Waals surface area contributed by atoms with Crippen LogP contribution in [0.2, 0.25) is 0 Å². The standard InChI is InChI=1S/C24H26N2O3S/c1-17-9-8-10-18(2)24(17)26(30(3,28)29)16-19(27)15-25-22-13-6-4-11-20(22)21-12-5-7-14-23(21)25/h4-14,19,27H,15-16H2,1-3H3/t19-/m0/s1. The lowest BCUT2D eigenvalue weighted by Crippen LogP contribution is -2.39. The number of para-hydroxylation sites is 3. The zero-order chi connectivity index (χ0) is 21.5. The molecule has 0 aliphatic heterocycles. The molecule has 0 saturated carbocycles. The van der Waals surface area contributed by atoms with Gasteiger partial charge < -0.3 is 9.67 Å². The lowest BCUT2D eigenvalue weighted by Gasteiger charge is -2.28. The van der Waals surface area contributed by atoms with Crippen LogP contribution >= 0.6 is 0 Å². The van der Waals surface area contributed by atoms with E-state index in [4.69, 9.17) is 0 Å². The lowest BCUT2D eigenvalue weighted by molar-refractivity contribution is 0.166. The fourth-order valence-electron chi connectivity index (χ4n) is 4.25. The molecule has 0 bridgehead atoms. The van der Waals surface area contributed by atoms with Crippen LogP contribution in [0.15, 0.2) is 66.7 Å². The highest BCUT2D eigenvalue weighted by Crippen LogP contribution is 2.30. The molecule has 6 heteroatoms. The van der Waals surface area contributed by atoms with Gasteiger partial charge in [-0.15, -0.1) is 0 Å². The van der Waals surface area contributed by atoms with E-state index in [1.54, 1.807) is 0 Å². The van der Waals surface area contributed by atoms with Crippen molar-refractivity contribution in [3.63, 3.8) is 0 Å². The molecule has 4 rings (SSSR count). The molecule has 0 fully saturated rings. The van der Waals surface area contributed by atoms with Gasteiger partial charge in [-0.25, -0.2) is 8.42 Å². The minimum atomic E-state index is -3.56. The topological polar surface area (TPSA) is 62.5 Å². The van der Waals surface area contributed by atoms with E-state index in [-0.39, 0.29) is 6.54 Å². The first-order valence-corrected chi connectivity index (χ1v) is 11.8. The quantitative estimate of drug-likeness (QED) is 0.506. The van der Waals surface area contributed by atoms with Crippen molar-refractivity contribution in [2.24, 2.45) is 0 Å². The number of aromatic nitrogens is 1. The molecule has 1 atom stereocenters. The third kappa shape index (κ3) is 3.68. The van der Waals surface area contributed by atoms with E-state index < -0.39 is 16.1 Å². The van der Waals surface area contributed by atoms with E-state index in [0.717, 1.165) is 32.9 Å². The number of aliphatic hydroxyl groups is 1. The monoisotopic (exact) mass is 422 g/mol. The summed E-state index contributed by atoms with van der Waals surface area (Å²) in [5, 5.41) is 13.2.